The van der Waals surface area contributed by atoms with Crippen molar-refractivity contribution in [1.29, 1.82) is 0 Å². The molecule has 3 aliphatic rings. The van der Waals surface area contributed by atoms with Crippen molar-refractivity contribution in [3.05, 3.63) is 48.0 Å². The van der Waals surface area contributed by atoms with Crippen LogP contribution in [0, 0.1) is 0 Å². The zero-order valence-electron chi connectivity index (χ0n) is 18.3. The molecule has 0 aromatic heterocycles. The fourth-order valence-electron chi connectivity index (χ4n) is 4.72. The summed E-state index contributed by atoms with van der Waals surface area (Å²) >= 11 is 1.83. The van der Waals surface area contributed by atoms with E-state index in [0.717, 1.165) is 28.4 Å². The van der Waals surface area contributed by atoms with E-state index in [9.17, 15) is 9.59 Å². The number of nitrogens with zero attached hydrogens (tertiary/aromatic N) is 2. The van der Waals surface area contributed by atoms with Crippen molar-refractivity contribution in [2.45, 2.75) is 30.8 Å². The van der Waals surface area contributed by atoms with Gasteiger partial charge in [-0.05, 0) is 66.3 Å². The van der Waals surface area contributed by atoms with Crippen LogP contribution in [0.3, 0.4) is 0 Å². The fourth-order valence-corrected chi connectivity index (χ4v) is 5.89. The van der Waals surface area contributed by atoms with Gasteiger partial charge in [0, 0.05) is 25.5 Å². The Morgan fingerprint density at radius 3 is 2.50 bits per heavy atom. The van der Waals surface area contributed by atoms with Gasteiger partial charge in [0.1, 0.15) is 5.54 Å². The molecule has 168 valence electrons. The number of rotatable bonds is 5. The maximum Gasteiger partial charge on any atom is 0.250 e. The van der Waals surface area contributed by atoms with Crippen LogP contribution >= 0.6 is 11.8 Å². The lowest BCUT2D eigenvalue weighted by Crippen LogP contribution is -2.66. The van der Waals surface area contributed by atoms with E-state index in [1.165, 1.54) is 0 Å². The van der Waals surface area contributed by atoms with E-state index >= 15 is 0 Å². The Balaban J connectivity index is 1.42. The Labute approximate surface area is 192 Å². The minimum absolute atomic E-state index is 0.0256. The van der Waals surface area contributed by atoms with Crippen LogP contribution < -0.4 is 19.7 Å². The highest BCUT2D eigenvalue weighted by Crippen LogP contribution is 2.47. The van der Waals surface area contributed by atoms with E-state index < -0.39 is 5.54 Å². The van der Waals surface area contributed by atoms with E-state index in [2.05, 4.69) is 5.32 Å². The lowest BCUT2D eigenvalue weighted by atomic mass is 9.80. The van der Waals surface area contributed by atoms with Gasteiger partial charge in [0.25, 0.3) is 0 Å². The Kier molecular flexibility index (Phi) is 5.41. The standard InChI is InChI=1S/C24H27N3O4S/c1-26(2)18-6-4-17(5-7-18)25-23(29)24(9-11-32-12-10-24)27-19(14-22(27)28)16-3-8-20-21(13-16)31-15-30-20/h3-8,13,19H,9-12,14-15H2,1-2H3,(H,25,29). The summed E-state index contributed by atoms with van der Waals surface area (Å²) in [5.41, 5.74) is 1.94. The summed E-state index contributed by atoms with van der Waals surface area (Å²) in [7, 11) is 3.96. The van der Waals surface area contributed by atoms with Crippen molar-refractivity contribution >= 4 is 35.0 Å². The molecule has 3 aliphatic heterocycles. The predicted octanol–water partition coefficient (Wildman–Crippen LogP) is 3.66. The van der Waals surface area contributed by atoms with E-state index in [0.29, 0.717) is 30.8 Å². The van der Waals surface area contributed by atoms with Gasteiger partial charge in [-0.2, -0.15) is 11.8 Å². The summed E-state index contributed by atoms with van der Waals surface area (Å²) in [5.74, 6) is 3.04. The van der Waals surface area contributed by atoms with Gasteiger partial charge in [0.2, 0.25) is 18.6 Å². The van der Waals surface area contributed by atoms with Crippen LogP contribution in [0.5, 0.6) is 11.5 Å². The summed E-state index contributed by atoms with van der Waals surface area (Å²) < 4.78 is 11.0. The van der Waals surface area contributed by atoms with Crippen LogP contribution in [0.15, 0.2) is 42.5 Å². The van der Waals surface area contributed by atoms with E-state index in [-0.39, 0.29) is 24.6 Å². The van der Waals surface area contributed by atoms with Crippen molar-refractivity contribution in [3.8, 4) is 11.5 Å². The molecule has 0 saturated carbocycles. The quantitative estimate of drug-likeness (QED) is 0.697. The second kappa shape index (κ2) is 8.24. The van der Waals surface area contributed by atoms with Gasteiger partial charge in [-0.15, -0.1) is 0 Å². The molecule has 0 radical (unpaired) electrons. The molecule has 2 aromatic rings. The smallest absolute Gasteiger partial charge is 0.250 e. The monoisotopic (exact) mass is 453 g/mol. The Morgan fingerprint density at radius 2 is 1.81 bits per heavy atom. The molecule has 0 bridgehead atoms. The van der Waals surface area contributed by atoms with Crippen LogP contribution in [0.25, 0.3) is 0 Å². The molecule has 1 unspecified atom stereocenters. The van der Waals surface area contributed by atoms with Gasteiger partial charge in [-0.1, -0.05) is 6.07 Å². The van der Waals surface area contributed by atoms with Gasteiger partial charge < -0.3 is 24.6 Å². The zero-order chi connectivity index (χ0) is 22.3. The molecule has 3 heterocycles. The normalized spacial score (nSPS) is 21.1. The molecule has 2 aromatic carbocycles. The number of benzene rings is 2. The first-order chi connectivity index (χ1) is 15.5. The number of carbonyl (C=O) groups excluding carboxylic acids is 2. The predicted molar refractivity (Wildman–Crippen MR) is 125 cm³/mol. The number of amides is 2. The fraction of sp³-hybridized carbons (Fsp3) is 0.417. The second-order valence-corrected chi connectivity index (χ2v) is 9.86. The number of thioether (sulfide) groups is 1. The minimum Gasteiger partial charge on any atom is -0.454 e. The number of carbonyl (C=O) groups is 2. The highest BCUT2D eigenvalue weighted by molar-refractivity contribution is 7.99. The Hall–Kier alpha value is -2.87. The molecule has 32 heavy (non-hydrogen) atoms. The molecule has 0 aliphatic carbocycles. The first kappa shape index (κ1) is 21.0. The molecule has 2 saturated heterocycles. The van der Waals surface area contributed by atoms with Gasteiger partial charge in [-0.3, -0.25) is 9.59 Å². The zero-order valence-corrected chi connectivity index (χ0v) is 19.1. The molecule has 5 rings (SSSR count). The molecular formula is C24H27N3O4S. The minimum atomic E-state index is -0.845. The van der Waals surface area contributed by atoms with Crippen LogP contribution in [-0.2, 0) is 9.59 Å². The molecule has 1 N–H and O–H groups in total. The van der Waals surface area contributed by atoms with E-state index in [4.69, 9.17) is 9.47 Å². The maximum atomic E-state index is 13.7. The average Bonchev–Trinajstić information content (AvgIpc) is 3.26. The number of β-lactam (4-membered cyclic amide) rings is 1. The van der Waals surface area contributed by atoms with Crippen LogP contribution in [-0.4, -0.2) is 54.6 Å². The molecule has 2 amide bonds. The number of hydrogen-bond acceptors (Lipinski definition) is 6. The lowest BCUT2D eigenvalue weighted by Gasteiger charge is -2.53. The summed E-state index contributed by atoms with van der Waals surface area (Å²) in [6, 6.07) is 13.4. The third kappa shape index (κ3) is 3.56. The molecular weight excluding hydrogens is 426 g/mol. The summed E-state index contributed by atoms with van der Waals surface area (Å²) in [6.07, 6.45) is 1.69. The summed E-state index contributed by atoms with van der Waals surface area (Å²) in [6.45, 7) is 0.211. The highest BCUT2D eigenvalue weighted by atomic mass is 32.2. The summed E-state index contributed by atoms with van der Waals surface area (Å²) in [4.78, 5) is 30.4. The maximum absolute atomic E-state index is 13.7. The second-order valence-electron chi connectivity index (χ2n) is 8.64. The Morgan fingerprint density at radius 1 is 1.09 bits per heavy atom. The number of nitrogens with one attached hydrogen (secondary N) is 1. The van der Waals surface area contributed by atoms with Crippen LogP contribution in [0.1, 0.15) is 30.9 Å². The third-order valence-corrected chi connectivity index (χ3v) is 7.56. The van der Waals surface area contributed by atoms with Crippen LogP contribution in [0.4, 0.5) is 11.4 Å². The molecule has 0 spiro atoms. The van der Waals surface area contributed by atoms with Crippen molar-refractivity contribution in [2.24, 2.45) is 0 Å². The largest absolute Gasteiger partial charge is 0.454 e. The number of ether oxygens (including phenoxy) is 2. The number of fused-ring (bicyclic) bond motifs is 1. The first-order valence-corrected chi connectivity index (χ1v) is 12.0. The van der Waals surface area contributed by atoms with Gasteiger partial charge >= 0.3 is 0 Å². The van der Waals surface area contributed by atoms with E-state index in [1.54, 1.807) is 0 Å². The number of anilines is 2. The van der Waals surface area contributed by atoms with Gasteiger partial charge in [0.05, 0.1) is 12.5 Å². The lowest BCUT2D eigenvalue weighted by molar-refractivity contribution is -0.164. The van der Waals surface area contributed by atoms with Crippen molar-refractivity contribution in [3.63, 3.8) is 0 Å². The highest BCUT2D eigenvalue weighted by Gasteiger charge is 2.55. The van der Waals surface area contributed by atoms with Crippen molar-refractivity contribution in [1.82, 2.24) is 4.90 Å². The number of hydrogen-bond donors (Lipinski definition) is 1. The van der Waals surface area contributed by atoms with Gasteiger partial charge in [0.15, 0.2) is 11.5 Å². The van der Waals surface area contributed by atoms with Gasteiger partial charge in [-0.25, -0.2) is 0 Å². The third-order valence-electron chi connectivity index (χ3n) is 6.58. The molecule has 8 heteroatoms. The first-order valence-electron chi connectivity index (χ1n) is 10.9. The Bertz CT molecular complexity index is 1030. The molecule has 2 fully saturated rings. The van der Waals surface area contributed by atoms with Crippen molar-refractivity contribution in [2.75, 3.05) is 42.6 Å². The molecule has 1 atom stereocenters. The molecule has 7 nitrogen and oxygen atoms in total. The average molecular weight is 454 g/mol. The van der Waals surface area contributed by atoms with Crippen LogP contribution in [0.2, 0.25) is 0 Å². The summed E-state index contributed by atoms with van der Waals surface area (Å²) in [5, 5.41) is 3.10. The number of likely N-dealkylation sites (tertiary alicyclic amines) is 1. The van der Waals surface area contributed by atoms with Crippen molar-refractivity contribution < 1.29 is 19.1 Å². The topological polar surface area (TPSA) is 71.1 Å². The SMILES string of the molecule is CN(C)c1ccc(NC(=O)C2(N3C(=O)CC3c3ccc4c(c3)OCO4)CCSCC2)cc1. The van der Waals surface area contributed by atoms with E-state index in [1.807, 2.05) is 78.1 Å².